The Bertz CT molecular complexity index is 753. The molecule has 2 heterocycles. The van der Waals surface area contributed by atoms with Crippen molar-refractivity contribution in [2.75, 3.05) is 0 Å². The van der Waals surface area contributed by atoms with Crippen LogP contribution in [0.1, 0.15) is 40.5 Å². The van der Waals surface area contributed by atoms with Crippen molar-refractivity contribution in [2.45, 2.75) is 19.4 Å². The van der Waals surface area contributed by atoms with E-state index in [9.17, 15) is 4.79 Å². The SMILES string of the molecule is CCc1ncc(C(=O)NC(c2ccccc2)c2ccco2)cn1. The molecule has 1 atom stereocenters. The van der Waals surface area contributed by atoms with Gasteiger partial charge in [-0.1, -0.05) is 37.3 Å². The first-order valence-electron chi connectivity index (χ1n) is 7.48. The molecule has 23 heavy (non-hydrogen) atoms. The van der Waals surface area contributed by atoms with Gasteiger partial charge in [-0.15, -0.1) is 0 Å². The smallest absolute Gasteiger partial charge is 0.255 e. The van der Waals surface area contributed by atoms with Gasteiger partial charge in [0.15, 0.2) is 0 Å². The number of aryl methyl sites for hydroxylation is 1. The molecular formula is C18H17N3O2. The number of rotatable bonds is 5. The lowest BCUT2D eigenvalue weighted by Crippen LogP contribution is -2.29. The molecule has 0 aliphatic rings. The average Bonchev–Trinajstić information content (AvgIpc) is 3.14. The second kappa shape index (κ2) is 6.87. The van der Waals surface area contributed by atoms with Gasteiger partial charge in [-0.05, 0) is 17.7 Å². The third-order valence-corrected chi connectivity index (χ3v) is 3.52. The largest absolute Gasteiger partial charge is 0.467 e. The summed E-state index contributed by atoms with van der Waals surface area (Å²) >= 11 is 0. The molecule has 1 amide bonds. The van der Waals surface area contributed by atoms with Gasteiger partial charge in [0.2, 0.25) is 0 Å². The van der Waals surface area contributed by atoms with Gasteiger partial charge in [0.25, 0.3) is 5.91 Å². The third kappa shape index (κ3) is 3.45. The number of aromatic nitrogens is 2. The van der Waals surface area contributed by atoms with E-state index in [1.54, 1.807) is 24.7 Å². The minimum Gasteiger partial charge on any atom is -0.467 e. The number of hydrogen-bond acceptors (Lipinski definition) is 4. The molecule has 0 aliphatic carbocycles. The Morgan fingerprint density at radius 2 is 1.87 bits per heavy atom. The molecule has 5 nitrogen and oxygen atoms in total. The molecule has 0 radical (unpaired) electrons. The standard InChI is InChI=1S/C18H17N3O2/c1-2-16-19-11-14(12-20-16)18(22)21-17(15-9-6-10-23-15)13-7-4-3-5-8-13/h3-12,17H,2H2,1H3,(H,21,22). The lowest BCUT2D eigenvalue weighted by atomic mass is 10.0. The van der Waals surface area contributed by atoms with Crippen molar-refractivity contribution in [3.63, 3.8) is 0 Å². The second-order valence-corrected chi connectivity index (χ2v) is 5.07. The lowest BCUT2D eigenvalue weighted by Gasteiger charge is -2.17. The summed E-state index contributed by atoms with van der Waals surface area (Å²) in [5.41, 5.74) is 1.37. The maximum Gasteiger partial charge on any atom is 0.255 e. The summed E-state index contributed by atoms with van der Waals surface area (Å²) in [7, 11) is 0. The Morgan fingerprint density at radius 3 is 2.48 bits per heavy atom. The van der Waals surface area contributed by atoms with Crippen LogP contribution >= 0.6 is 0 Å². The van der Waals surface area contributed by atoms with Crippen LogP contribution in [0, 0.1) is 0 Å². The molecule has 0 spiro atoms. The van der Waals surface area contributed by atoms with E-state index in [-0.39, 0.29) is 11.9 Å². The van der Waals surface area contributed by atoms with Crippen LogP contribution in [0.15, 0.2) is 65.5 Å². The fraction of sp³-hybridized carbons (Fsp3) is 0.167. The molecule has 0 fully saturated rings. The number of carbonyl (C=O) groups is 1. The van der Waals surface area contributed by atoms with Crippen LogP contribution in [-0.4, -0.2) is 15.9 Å². The van der Waals surface area contributed by atoms with Crippen molar-refractivity contribution in [1.82, 2.24) is 15.3 Å². The molecule has 2 aromatic heterocycles. The first-order chi connectivity index (χ1) is 11.3. The van der Waals surface area contributed by atoms with Crippen LogP contribution in [0.4, 0.5) is 0 Å². The van der Waals surface area contributed by atoms with Crippen LogP contribution in [-0.2, 0) is 6.42 Å². The Kier molecular flexibility index (Phi) is 4.47. The van der Waals surface area contributed by atoms with Gasteiger partial charge in [-0.2, -0.15) is 0 Å². The molecule has 3 aromatic rings. The second-order valence-electron chi connectivity index (χ2n) is 5.07. The van der Waals surface area contributed by atoms with E-state index < -0.39 is 0 Å². The number of nitrogens with zero attached hydrogens (tertiary/aromatic N) is 2. The molecule has 0 bridgehead atoms. The molecule has 0 saturated heterocycles. The summed E-state index contributed by atoms with van der Waals surface area (Å²) in [6, 6.07) is 13.0. The lowest BCUT2D eigenvalue weighted by molar-refractivity contribution is 0.0938. The highest BCUT2D eigenvalue weighted by molar-refractivity contribution is 5.94. The van der Waals surface area contributed by atoms with Gasteiger partial charge in [0.05, 0.1) is 11.8 Å². The Morgan fingerprint density at radius 1 is 1.13 bits per heavy atom. The van der Waals surface area contributed by atoms with E-state index in [0.717, 1.165) is 12.0 Å². The third-order valence-electron chi connectivity index (χ3n) is 3.52. The molecule has 1 aromatic carbocycles. The molecule has 0 saturated carbocycles. The van der Waals surface area contributed by atoms with E-state index in [4.69, 9.17) is 4.42 Å². The number of carbonyl (C=O) groups excluding carboxylic acids is 1. The molecule has 1 N–H and O–H groups in total. The van der Waals surface area contributed by atoms with Gasteiger partial charge in [-0.25, -0.2) is 9.97 Å². The van der Waals surface area contributed by atoms with Gasteiger partial charge in [0, 0.05) is 18.8 Å². The van der Waals surface area contributed by atoms with E-state index in [0.29, 0.717) is 17.1 Å². The van der Waals surface area contributed by atoms with Crippen molar-refractivity contribution in [1.29, 1.82) is 0 Å². The summed E-state index contributed by atoms with van der Waals surface area (Å²) in [5, 5.41) is 2.98. The maximum atomic E-state index is 12.5. The fourth-order valence-corrected chi connectivity index (χ4v) is 2.29. The summed E-state index contributed by atoms with van der Waals surface area (Å²) in [5.74, 6) is 1.15. The van der Waals surface area contributed by atoms with Gasteiger partial charge >= 0.3 is 0 Å². The zero-order chi connectivity index (χ0) is 16.1. The van der Waals surface area contributed by atoms with Crippen LogP contribution in [0.3, 0.4) is 0 Å². The maximum absolute atomic E-state index is 12.5. The summed E-state index contributed by atoms with van der Waals surface area (Å²) < 4.78 is 5.48. The monoisotopic (exact) mass is 307 g/mol. The summed E-state index contributed by atoms with van der Waals surface area (Å²) in [6.45, 7) is 1.97. The van der Waals surface area contributed by atoms with Crippen LogP contribution in [0.5, 0.6) is 0 Å². The van der Waals surface area contributed by atoms with Gasteiger partial charge in [0.1, 0.15) is 17.6 Å². The summed E-state index contributed by atoms with van der Waals surface area (Å²) in [4.78, 5) is 20.8. The molecule has 5 heteroatoms. The van der Waals surface area contributed by atoms with Gasteiger partial charge in [-0.3, -0.25) is 4.79 Å². The normalized spacial score (nSPS) is 11.9. The number of nitrogens with one attached hydrogen (secondary N) is 1. The highest BCUT2D eigenvalue weighted by Gasteiger charge is 2.20. The minimum atomic E-state index is -0.357. The number of benzene rings is 1. The van der Waals surface area contributed by atoms with Crippen molar-refractivity contribution in [3.05, 3.63) is 83.8 Å². The highest BCUT2D eigenvalue weighted by Crippen LogP contribution is 2.22. The summed E-state index contributed by atoms with van der Waals surface area (Å²) in [6.07, 6.45) is 5.42. The minimum absolute atomic E-state index is 0.238. The zero-order valence-corrected chi connectivity index (χ0v) is 12.8. The molecule has 116 valence electrons. The highest BCUT2D eigenvalue weighted by atomic mass is 16.3. The molecule has 0 aliphatic heterocycles. The predicted molar refractivity (Wildman–Crippen MR) is 85.9 cm³/mol. The van der Waals surface area contributed by atoms with Crippen molar-refractivity contribution < 1.29 is 9.21 Å². The number of hydrogen-bond donors (Lipinski definition) is 1. The zero-order valence-electron chi connectivity index (χ0n) is 12.8. The molecular weight excluding hydrogens is 290 g/mol. The number of furan rings is 1. The Balaban J connectivity index is 1.85. The fourth-order valence-electron chi connectivity index (χ4n) is 2.29. The topological polar surface area (TPSA) is 68.0 Å². The van der Waals surface area contributed by atoms with Crippen molar-refractivity contribution in [3.8, 4) is 0 Å². The Hall–Kier alpha value is -2.95. The van der Waals surface area contributed by atoms with Crippen molar-refractivity contribution in [2.24, 2.45) is 0 Å². The predicted octanol–water partition coefficient (Wildman–Crippen LogP) is 3.15. The van der Waals surface area contributed by atoms with Crippen LogP contribution in [0.2, 0.25) is 0 Å². The van der Waals surface area contributed by atoms with E-state index in [2.05, 4.69) is 15.3 Å². The van der Waals surface area contributed by atoms with E-state index >= 15 is 0 Å². The van der Waals surface area contributed by atoms with Gasteiger partial charge < -0.3 is 9.73 Å². The van der Waals surface area contributed by atoms with E-state index in [1.165, 1.54) is 0 Å². The molecule has 3 rings (SSSR count). The van der Waals surface area contributed by atoms with Crippen LogP contribution in [0.25, 0.3) is 0 Å². The first kappa shape index (κ1) is 15.0. The average molecular weight is 307 g/mol. The van der Waals surface area contributed by atoms with Crippen molar-refractivity contribution >= 4 is 5.91 Å². The first-order valence-corrected chi connectivity index (χ1v) is 7.48. The van der Waals surface area contributed by atoms with E-state index in [1.807, 2.05) is 43.3 Å². The number of amides is 1. The quantitative estimate of drug-likeness (QED) is 0.786. The molecule has 1 unspecified atom stereocenters. The van der Waals surface area contributed by atoms with Crippen LogP contribution < -0.4 is 5.32 Å². The Labute approximate surface area is 134 Å².